The second-order valence-electron chi connectivity index (χ2n) is 10.7. The summed E-state index contributed by atoms with van der Waals surface area (Å²) in [5.74, 6) is 1.57. The van der Waals surface area contributed by atoms with Gasteiger partial charge in [0.2, 0.25) is 5.91 Å². The molecule has 1 saturated heterocycles. The van der Waals surface area contributed by atoms with Gasteiger partial charge in [0.25, 0.3) is 0 Å². The number of halogens is 1. The third-order valence-corrected chi connectivity index (χ3v) is 7.68. The topological polar surface area (TPSA) is 74.7 Å². The molecular formula is C32H35ClN4O4. The van der Waals surface area contributed by atoms with Crippen LogP contribution in [0, 0.1) is 6.92 Å². The number of nitrogens with zero attached hydrogens (tertiary/aromatic N) is 4. The van der Waals surface area contributed by atoms with E-state index in [1.165, 1.54) is 0 Å². The van der Waals surface area contributed by atoms with Crippen LogP contribution in [0.2, 0.25) is 5.02 Å². The number of amidine groups is 1. The molecule has 9 heteroatoms. The normalized spacial score (nSPS) is 19.0. The largest absolute Gasteiger partial charge is 0.497 e. The van der Waals surface area contributed by atoms with Crippen LogP contribution in [0.15, 0.2) is 71.7 Å². The molecular weight excluding hydrogens is 540 g/mol. The first kappa shape index (κ1) is 28.5. The Kier molecular flexibility index (Phi) is 8.22. The molecule has 0 spiro atoms. The summed E-state index contributed by atoms with van der Waals surface area (Å²) in [7, 11) is 3.36. The van der Waals surface area contributed by atoms with Gasteiger partial charge in [-0.2, -0.15) is 0 Å². The molecule has 3 aromatic carbocycles. The molecule has 8 nitrogen and oxygen atoms in total. The van der Waals surface area contributed by atoms with Crippen LogP contribution in [0.25, 0.3) is 0 Å². The zero-order valence-corrected chi connectivity index (χ0v) is 24.8. The summed E-state index contributed by atoms with van der Waals surface area (Å²) in [5.41, 5.74) is 3.65. The highest BCUT2D eigenvalue weighted by molar-refractivity contribution is 6.30. The number of benzene rings is 3. The SMILES string of the molecule is COc1ccc(C2=N[C@@H](c3ccc(C)cc3)[C@@H](c3ccc(Cl)cc3)N2C(=O)N2CCN(C)C(=O)C2)c(OC(C)C)c1. The van der Waals surface area contributed by atoms with Crippen LogP contribution in [0.4, 0.5) is 4.79 Å². The summed E-state index contributed by atoms with van der Waals surface area (Å²) in [4.78, 5) is 37.4. The van der Waals surface area contributed by atoms with E-state index in [4.69, 9.17) is 26.1 Å². The first-order chi connectivity index (χ1) is 19.7. The zero-order valence-electron chi connectivity index (χ0n) is 24.0. The maximum atomic E-state index is 14.5. The average molecular weight is 575 g/mol. The number of hydrogen-bond donors (Lipinski definition) is 0. The number of ether oxygens (including phenoxy) is 2. The molecule has 0 aromatic heterocycles. The van der Waals surface area contributed by atoms with E-state index >= 15 is 0 Å². The van der Waals surface area contributed by atoms with E-state index in [2.05, 4.69) is 12.1 Å². The average Bonchev–Trinajstić information content (AvgIpc) is 3.34. The maximum Gasteiger partial charge on any atom is 0.326 e. The predicted molar refractivity (Wildman–Crippen MR) is 160 cm³/mol. The van der Waals surface area contributed by atoms with Crippen molar-refractivity contribution in [3.8, 4) is 11.5 Å². The summed E-state index contributed by atoms with van der Waals surface area (Å²) in [6.45, 7) is 6.82. The van der Waals surface area contributed by atoms with Crippen molar-refractivity contribution in [1.82, 2.24) is 14.7 Å². The second-order valence-corrected chi connectivity index (χ2v) is 11.2. The molecule has 1 fully saturated rings. The van der Waals surface area contributed by atoms with E-state index in [1.807, 2.05) is 75.4 Å². The highest BCUT2D eigenvalue weighted by Crippen LogP contribution is 2.45. The molecule has 0 unspecified atom stereocenters. The van der Waals surface area contributed by atoms with Gasteiger partial charge in [0.1, 0.15) is 29.9 Å². The Balaban J connectivity index is 1.70. The highest BCUT2D eigenvalue weighted by Gasteiger charge is 2.45. The van der Waals surface area contributed by atoms with Crippen molar-refractivity contribution in [2.75, 3.05) is 33.8 Å². The first-order valence-corrected chi connectivity index (χ1v) is 14.1. The Bertz CT molecular complexity index is 1460. The Morgan fingerprint density at radius 1 is 1.00 bits per heavy atom. The van der Waals surface area contributed by atoms with Gasteiger partial charge in [0, 0.05) is 31.2 Å². The van der Waals surface area contributed by atoms with Gasteiger partial charge in [-0.05, 0) is 56.2 Å². The highest BCUT2D eigenvalue weighted by atomic mass is 35.5. The van der Waals surface area contributed by atoms with Gasteiger partial charge in [-0.3, -0.25) is 14.7 Å². The molecule has 0 N–H and O–H groups in total. The summed E-state index contributed by atoms with van der Waals surface area (Å²) >= 11 is 6.27. The van der Waals surface area contributed by atoms with Crippen LogP contribution in [0.3, 0.4) is 0 Å². The van der Waals surface area contributed by atoms with Crippen LogP contribution >= 0.6 is 11.6 Å². The Morgan fingerprint density at radius 2 is 1.68 bits per heavy atom. The predicted octanol–water partition coefficient (Wildman–Crippen LogP) is 5.88. The van der Waals surface area contributed by atoms with Crippen LogP contribution in [-0.4, -0.2) is 72.4 Å². The van der Waals surface area contributed by atoms with E-state index in [0.717, 1.165) is 16.7 Å². The summed E-state index contributed by atoms with van der Waals surface area (Å²) in [6.07, 6.45) is -0.123. The fourth-order valence-electron chi connectivity index (χ4n) is 5.20. The molecule has 2 aliphatic rings. The summed E-state index contributed by atoms with van der Waals surface area (Å²) in [5, 5.41) is 0.602. The van der Waals surface area contributed by atoms with Gasteiger partial charge in [0.05, 0.1) is 24.8 Å². The molecule has 3 aromatic rings. The van der Waals surface area contributed by atoms with Crippen LogP contribution < -0.4 is 9.47 Å². The Labute approximate surface area is 246 Å². The lowest BCUT2D eigenvalue weighted by atomic mass is 9.93. The van der Waals surface area contributed by atoms with E-state index in [9.17, 15) is 9.59 Å². The standard InChI is InChI=1S/C32H35ClN4O4/c1-20(2)41-27-18-25(40-5)14-15-26(27)31-34-29(22-8-6-21(3)7-9-22)30(23-10-12-24(33)13-11-23)37(31)32(39)36-17-16-35(4)28(38)19-36/h6-15,18,20,29-30H,16-17,19H2,1-5H3/t29-,30+/m0/s1. The fraction of sp³-hybridized carbons (Fsp3) is 0.344. The van der Waals surface area contributed by atoms with Gasteiger partial charge in [-0.25, -0.2) is 4.79 Å². The van der Waals surface area contributed by atoms with Gasteiger partial charge >= 0.3 is 6.03 Å². The minimum absolute atomic E-state index is 0.000384. The lowest BCUT2D eigenvalue weighted by Gasteiger charge is -2.37. The van der Waals surface area contributed by atoms with Crippen molar-refractivity contribution in [2.45, 2.75) is 39.0 Å². The number of methoxy groups -OCH3 is 1. The van der Waals surface area contributed by atoms with Gasteiger partial charge in [-0.1, -0.05) is 53.6 Å². The minimum atomic E-state index is -0.485. The third kappa shape index (κ3) is 5.88. The number of amides is 3. The van der Waals surface area contributed by atoms with Crippen LogP contribution in [0.5, 0.6) is 11.5 Å². The second kappa shape index (κ2) is 11.8. The van der Waals surface area contributed by atoms with Gasteiger partial charge in [-0.15, -0.1) is 0 Å². The maximum absolute atomic E-state index is 14.5. The molecule has 0 bridgehead atoms. The molecule has 0 saturated carbocycles. The number of piperazine rings is 1. The Hall–Kier alpha value is -4.04. The van der Waals surface area contributed by atoms with Crippen molar-refractivity contribution in [3.63, 3.8) is 0 Å². The number of carbonyl (C=O) groups is 2. The molecule has 3 amide bonds. The number of urea groups is 1. The van der Waals surface area contributed by atoms with E-state index in [1.54, 1.807) is 28.9 Å². The van der Waals surface area contributed by atoms with E-state index in [-0.39, 0.29) is 24.6 Å². The number of aryl methyl sites for hydroxylation is 1. The molecule has 2 atom stereocenters. The van der Waals surface area contributed by atoms with Gasteiger partial charge < -0.3 is 19.3 Å². The monoisotopic (exact) mass is 574 g/mol. The molecule has 5 rings (SSSR count). The van der Waals surface area contributed by atoms with Crippen molar-refractivity contribution in [2.24, 2.45) is 4.99 Å². The van der Waals surface area contributed by atoms with Gasteiger partial charge in [0.15, 0.2) is 0 Å². The summed E-state index contributed by atoms with van der Waals surface area (Å²) < 4.78 is 11.7. The fourth-order valence-corrected chi connectivity index (χ4v) is 5.32. The quantitative estimate of drug-likeness (QED) is 0.368. The molecule has 2 heterocycles. The van der Waals surface area contributed by atoms with E-state index in [0.29, 0.717) is 41.0 Å². The zero-order chi connectivity index (χ0) is 29.3. The van der Waals surface area contributed by atoms with Crippen molar-refractivity contribution >= 4 is 29.4 Å². The number of hydrogen-bond acceptors (Lipinski definition) is 5. The molecule has 2 aliphatic heterocycles. The number of carbonyl (C=O) groups excluding carboxylic acids is 2. The minimum Gasteiger partial charge on any atom is -0.497 e. The van der Waals surface area contributed by atoms with E-state index < -0.39 is 12.1 Å². The first-order valence-electron chi connectivity index (χ1n) is 13.7. The molecule has 0 aliphatic carbocycles. The summed E-state index contributed by atoms with van der Waals surface area (Å²) in [6, 6.07) is 20.1. The van der Waals surface area contributed by atoms with Crippen LogP contribution in [-0.2, 0) is 4.79 Å². The van der Waals surface area contributed by atoms with Crippen molar-refractivity contribution < 1.29 is 19.1 Å². The van der Waals surface area contributed by atoms with Crippen molar-refractivity contribution in [1.29, 1.82) is 0 Å². The smallest absolute Gasteiger partial charge is 0.326 e. The Morgan fingerprint density at radius 3 is 2.32 bits per heavy atom. The van der Waals surface area contributed by atoms with Crippen LogP contribution in [0.1, 0.15) is 48.2 Å². The lowest BCUT2D eigenvalue weighted by Crippen LogP contribution is -2.55. The number of aliphatic imine (C=N–C) groups is 1. The molecule has 41 heavy (non-hydrogen) atoms. The molecule has 0 radical (unpaired) electrons. The number of likely N-dealkylation sites (N-methyl/N-ethyl adjacent to an activating group) is 1. The van der Waals surface area contributed by atoms with Crippen molar-refractivity contribution in [3.05, 3.63) is 94.0 Å². The number of rotatable bonds is 6. The molecule has 214 valence electrons. The lowest BCUT2D eigenvalue weighted by molar-refractivity contribution is -0.133. The third-order valence-electron chi connectivity index (χ3n) is 7.42.